The highest BCUT2D eigenvalue weighted by atomic mass is 35.5. The normalized spacial score (nSPS) is 12.3. The Labute approximate surface area is 162 Å². The van der Waals surface area contributed by atoms with E-state index in [0.717, 1.165) is 0 Å². The fourth-order valence-electron chi connectivity index (χ4n) is 2.19. The van der Waals surface area contributed by atoms with Gasteiger partial charge in [-0.25, -0.2) is 13.2 Å². The molecule has 2 aromatic carbocycles. The van der Waals surface area contributed by atoms with E-state index in [0.29, 0.717) is 22.0 Å². The van der Waals surface area contributed by atoms with Crippen LogP contribution in [0.1, 0.15) is 19.4 Å². The summed E-state index contributed by atoms with van der Waals surface area (Å²) in [4.78, 5) is 23.2. The number of hydrogen-bond donors (Lipinski definition) is 2. The van der Waals surface area contributed by atoms with Gasteiger partial charge in [0.05, 0.1) is 4.90 Å². The number of amides is 1. The quantitative estimate of drug-likeness (QED) is 0.563. The highest BCUT2D eigenvalue weighted by Crippen LogP contribution is 2.22. The number of nitrogens with one attached hydrogen (secondary N) is 2. The second-order valence-corrected chi connectivity index (χ2v) is 8.03. The zero-order valence-corrected chi connectivity index (χ0v) is 16.5. The van der Waals surface area contributed by atoms with Crippen LogP contribution in [0.4, 0.5) is 5.69 Å². The third-order valence-electron chi connectivity index (χ3n) is 3.52. The Hall–Kier alpha value is -2.42. The maximum atomic E-state index is 12.4. The van der Waals surface area contributed by atoms with Gasteiger partial charge < -0.3 is 10.1 Å². The first kappa shape index (κ1) is 20.9. The first-order valence-corrected chi connectivity index (χ1v) is 9.82. The van der Waals surface area contributed by atoms with E-state index in [1.54, 1.807) is 19.1 Å². The topological polar surface area (TPSA) is 102 Å². The standard InChI is InChI=1S/C18H19ClN2O5S/c1-11-10-14(19)4-9-17(11)26-18(23)12(2)21-27(24,25)16-7-5-15(6-8-16)20-13(3)22/h4-10,12,21H,1-3H3,(H,20,22)/t12-/m0/s1. The van der Waals surface area contributed by atoms with Gasteiger partial charge in [0.1, 0.15) is 11.8 Å². The predicted octanol–water partition coefficient (Wildman–Crippen LogP) is 2.88. The lowest BCUT2D eigenvalue weighted by Gasteiger charge is -2.15. The summed E-state index contributed by atoms with van der Waals surface area (Å²) in [5.74, 6) is -0.716. The van der Waals surface area contributed by atoms with Gasteiger partial charge in [0, 0.05) is 17.6 Å². The van der Waals surface area contributed by atoms with Crippen LogP contribution < -0.4 is 14.8 Å². The van der Waals surface area contributed by atoms with E-state index >= 15 is 0 Å². The van der Waals surface area contributed by atoms with Crippen molar-refractivity contribution in [3.8, 4) is 5.75 Å². The van der Waals surface area contributed by atoms with Crippen molar-refractivity contribution >= 4 is 39.2 Å². The number of esters is 1. The Morgan fingerprint density at radius 3 is 2.30 bits per heavy atom. The molecule has 144 valence electrons. The Morgan fingerprint density at radius 2 is 1.74 bits per heavy atom. The second-order valence-electron chi connectivity index (χ2n) is 5.88. The van der Waals surface area contributed by atoms with Crippen molar-refractivity contribution in [3.05, 3.63) is 53.1 Å². The molecule has 0 spiro atoms. The number of halogens is 1. The molecule has 2 rings (SSSR count). The van der Waals surface area contributed by atoms with Gasteiger partial charge in [-0.2, -0.15) is 4.72 Å². The summed E-state index contributed by atoms with van der Waals surface area (Å²) in [6, 6.07) is 9.20. The van der Waals surface area contributed by atoms with E-state index in [4.69, 9.17) is 16.3 Å². The molecule has 0 heterocycles. The Morgan fingerprint density at radius 1 is 1.11 bits per heavy atom. The molecule has 0 saturated heterocycles. The summed E-state index contributed by atoms with van der Waals surface area (Å²) >= 11 is 5.85. The first-order chi connectivity index (χ1) is 12.6. The number of carbonyl (C=O) groups is 2. The second kappa shape index (κ2) is 8.51. The van der Waals surface area contributed by atoms with Gasteiger partial charge in [-0.3, -0.25) is 4.79 Å². The molecule has 9 heteroatoms. The van der Waals surface area contributed by atoms with Crippen LogP contribution in [0, 0.1) is 6.92 Å². The SMILES string of the molecule is CC(=O)Nc1ccc(S(=O)(=O)N[C@@H](C)C(=O)Oc2ccc(Cl)cc2C)cc1. The molecule has 0 aliphatic heterocycles. The van der Waals surface area contributed by atoms with Crippen molar-refractivity contribution in [1.29, 1.82) is 0 Å². The smallest absolute Gasteiger partial charge is 0.329 e. The summed E-state index contributed by atoms with van der Waals surface area (Å²) in [5, 5.41) is 3.04. The number of sulfonamides is 1. The molecule has 0 fully saturated rings. The lowest BCUT2D eigenvalue weighted by molar-refractivity contribution is -0.135. The number of aryl methyl sites for hydroxylation is 1. The molecule has 2 N–H and O–H groups in total. The van der Waals surface area contributed by atoms with Crippen molar-refractivity contribution in [1.82, 2.24) is 4.72 Å². The molecule has 27 heavy (non-hydrogen) atoms. The van der Waals surface area contributed by atoms with Crippen LogP contribution >= 0.6 is 11.6 Å². The lowest BCUT2D eigenvalue weighted by Crippen LogP contribution is -2.40. The minimum atomic E-state index is -3.94. The number of carbonyl (C=O) groups excluding carboxylic acids is 2. The number of benzene rings is 2. The molecule has 0 bridgehead atoms. The summed E-state index contributed by atoms with van der Waals surface area (Å²) < 4.78 is 32.3. The number of ether oxygens (including phenoxy) is 1. The summed E-state index contributed by atoms with van der Waals surface area (Å²) in [7, 11) is -3.94. The molecular weight excluding hydrogens is 392 g/mol. The van der Waals surface area contributed by atoms with Crippen molar-refractivity contribution in [3.63, 3.8) is 0 Å². The van der Waals surface area contributed by atoms with Crippen LogP contribution in [0.5, 0.6) is 5.75 Å². The summed E-state index contributed by atoms with van der Waals surface area (Å²) in [6.45, 7) is 4.46. The van der Waals surface area contributed by atoms with Crippen LogP contribution in [0.3, 0.4) is 0 Å². The fraction of sp³-hybridized carbons (Fsp3) is 0.222. The summed E-state index contributed by atoms with van der Waals surface area (Å²) in [5.41, 5.74) is 1.12. The maximum absolute atomic E-state index is 12.4. The fourth-order valence-corrected chi connectivity index (χ4v) is 3.61. The lowest BCUT2D eigenvalue weighted by atomic mass is 10.2. The maximum Gasteiger partial charge on any atom is 0.329 e. The molecule has 7 nitrogen and oxygen atoms in total. The third kappa shape index (κ3) is 5.78. The van der Waals surface area contributed by atoms with Gasteiger partial charge in [0.2, 0.25) is 15.9 Å². The average molecular weight is 411 g/mol. The Kier molecular flexibility index (Phi) is 6.59. The number of hydrogen-bond acceptors (Lipinski definition) is 5. The van der Waals surface area contributed by atoms with E-state index in [1.807, 2.05) is 0 Å². The molecule has 0 aliphatic carbocycles. The van der Waals surface area contributed by atoms with Gasteiger partial charge in [0.25, 0.3) is 0 Å². The van der Waals surface area contributed by atoms with Gasteiger partial charge in [0.15, 0.2) is 0 Å². The molecular formula is C18H19ClN2O5S. The van der Waals surface area contributed by atoms with Crippen LogP contribution in [0.2, 0.25) is 5.02 Å². The highest BCUT2D eigenvalue weighted by molar-refractivity contribution is 7.89. The van der Waals surface area contributed by atoms with Crippen molar-refractivity contribution < 1.29 is 22.7 Å². The Balaban J connectivity index is 2.07. The van der Waals surface area contributed by atoms with Crippen molar-refractivity contribution in [2.24, 2.45) is 0 Å². The highest BCUT2D eigenvalue weighted by Gasteiger charge is 2.24. The average Bonchev–Trinajstić information content (AvgIpc) is 2.56. The van der Waals surface area contributed by atoms with Crippen molar-refractivity contribution in [2.45, 2.75) is 31.7 Å². The van der Waals surface area contributed by atoms with Crippen molar-refractivity contribution in [2.75, 3.05) is 5.32 Å². The van der Waals surface area contributed by atoms with Crippen LogP contribution in [0.25, 0.3) is 0 Å². The molecule has 1 atom stereocenters. The molecule has 0 radical (unpaired) electrons. The van der Waals surface area contributed by atoms with Crippen LogP contribution in [-0.2, 0) is 19.6 Å². The van der Waals surface area contributed by atoms with E-state index < -0.39 is 22.0 Å². The zero-order valence-electron chi connectivity index (χ0n) is 14.9. The molecule has 1 amide bonds. The monoisotopic (exact) mass is 410 g/mol. The molecule has 0 saturated carbocycles. The minimum Gasteiger partial charge on any atom is -0.425 e. The first-order valence-electron chi connectivity index (χ1n) is 7.96. The molecule has 0 aromatic heterocycles. The number of rotatable bonds is 6. The van der Waals surface area contributed by atoms with Gasteiger partial charge in [-0.15, -0.1) is 0 Å². The number of anilines is 1. The molecule has 2 aromatic rings. The van der Waals surface area contributed by atoms with E-state index in [-0.39, 0.29) is 10.8 Å². The summed E-state index contributed by atoms with van der Waals surface area (Å²) in [6.07, 6.45) is 0. The molecule has 0 unspecified atom stereocenters. The van der Waals surface area contributed by atoms with Gasteiger partial charge in [-0.05, 0) is 61.9 Å². The largest absolute Gasteiger partial charge is 0.425 e. The zero-order chi connectivity index (χ0) is 20.2. The van der Waals surface area contributed by atoms with Gasteiger partial charge in [-0.1, -0.05) is 11.6 Å². The van der Waals surface area contributed by atoms with E-state index in [9.17, 15) is 18.0 Å². The third-order valence-corrected chi connectivity index (χ3v) is 5.31. The predicted molar refractivity (Wildman–Crippen MR) is 102 cm³/mol. The van der Waals surface area contributed by atoms with Crippen LogP contribution in [0.15, 0.2) is 47.4 Å². The van der Waals surface area contributed by atoms with E-state index in [2.05, 4.69) is 10.0 Å². The minimum absolute atomic E-state index is 0.0427. The van der Waals surface area contributed by atoms with Crippen LogP contribution in [-0.4, -0.2) is 26.3 Å². The molecule has 0 aliphatic rings. The Bertz CT molecular complexity index is 958. The van der Waals surface area contributed by atoms with E-state index in [1.165, 1.54) is 44.2 Å². The van der Waals surface area contributed by atoms with Gasteiger partial charge >= 0.3 is 5.97 Å².